The van der Waals surface area contributed by atoms with Crippen LogP contribution < -0.4 is 20.7 Å². The summed E-state index contributed by atoms with van der Waals surface area (Å²) in [5, 5.41) is 10.3. The van der Waals surface area contributed by atoms with Crippen LogP contribution in [0.1, 0.15) is 22.3 Å². The lowest BCUT2D eigenvalue weighted by Crippen LogP contribution is -2.74. The maximum Gasteiger partial charge on any atom is 0.179 e. The molecule has 0 aliphatic heterocycles. The Labute approximate surface area is 451 Å². The van der Waals surface area contributed by atoms with Crippen molar-refractivity contribution in [3.05, 3.63) is 326 Å². The van der Waals surface area contributed by atoms with Gasteiger partial charge in [0.1, 0.15) is 0 Å². The van der Waals surface area contributed by atoms with E-state index in [1.807, 2.05) is 0 Å². The third-order valence-electron chi connectivity index (χ3n) is 16.0. The van der Waals surface area contributed by atoms with Gasteiger partial charge in [-0.05, 0) is 114 Å². The molecule has 0 amide bonds. The Morgan fingerprint density at radius 3 is 1.39 bits per heavy atom. The maximum absolute atomic E-state index is 2.85. The van der Waals surface area contributed by atoms with E-state index < -0.39 is 8.07 Å². The molecule has 0 saturated heterocycles. The van der Waals surface area contributed by atoms with E-state index in [2.05, 4.69) is 312 Å². The molecule has 0 fully saturated rings. The number of aromatic nitrogens is 2. The number of nitrogens with zero attached hydrogens (tertiary/aromatic N) is 2. The van der Waals surface area contributed by atoms with Gasteiger partial charge in [-0.3, -0.25) is 0 Å². The Kier molecular flexibility index (Phi) is 11.7. The Morgan fingerprint density at radius 2 is 0.727 bits per heavy atom. The molecule has 2 aromatic heterocycles. The molecule has 0 unspecified atom stereocenters. The highest BCUT2D eigenvalue weighted by molar-refractivity contribution is 7.19. The molecule has 2 heterocycles. The highest BCUT2D eigenvalue weighted by atomic mass is 28.3. The van der Waals surface area contributed by atoms with Crippen molar-refractivity contribution in [2.45, 2.75) is 12.8 Å². The number of hydrogen-bond acceptors (Lipinski definition) is 0. The van der Waals surface area contributed by atoms with Crippen molar-refractivity contribution in [2.75, 3.05) is 0 Å². The summed E-state index contributed by atoms with van der Waals surface area (Å²) in [5.74, 6) is 0. The van der Waals surface area contributed by atoms with Crippen LogP contribution in [0.2, 0.25) is 0 Å². The average Bonchev–Trinajstić information content (AvgIpc) is 4.14. The van der Waals surface area contributed by atoms with Crippen LogP contribution >= 0.6 is 0 Å². The van der Waals surface area contributed by atoms with Crippen molar-refractivity contribution in [3.8, 4) is 33.6 Å². The van der Waals surface area contributed by atoms with E-state index in [1.54, 1.807) is 0 Å². The van der Waals surface area contributed by atoms with Crippen LogP contribution in [-0.4, -0.2) is 17.2 Å². The molecule has 14 aromatic rings. The van der Waals surface area contributed by atoms with Crippen LogP contribution in [0.5, 0.6) is 0 Å². The minimum atomic E-state index is -2.85. The molecule has 77 heavy (non-hydrogen) atoms. The predicted molar refractivity (Wildman–Crippen MR) is 328 cm³/mol. The van der Waals surface area contributed by atoms with Crippen molar-refractivity contribution in [2.24, 2.45) is 0 Å². The molecule has 2 nitrogen and oxygen atoms in total. The molecule has 12 aromatic carbocycles. The Morgan fingerprint density at radius 1 is 0.286 bits per heavy atom. The lowest BCUT2D eigenvalue weighted by molar-refractivity contribution is 1.13. The number of rotatable bonds is 12. The smallest absolute Gasteiger partial charge is 0.179 e. The van der Waals surface area contributed by atoms with Crippen LogP contribution in [-0.2, 0) is 12.8 Å². The monoisotopic (exact) mass is 998 g/mol. The van der Waals surface area contributed by atoms with Gasteiger partial charge >= 0.3 is 0 Å². The molecule has 0 atom stereocenters. The van der Waals surface area contributed by atoms with E-state index >= 15 is 0 Å². The zero-order valence-electron chi connectivity index (χ0n) is 42.7. The normalized spacial score (nSPS) is 11.7. The van der Waals surface area contributed by atoms with Crippen molar-refractivity contribution < 1.29 is 0 Å². The fourth-order valence-electron chi connectivity index (χ4n) is 12.7. The summed E-state index contributed by atoms with van der Waals surface area (Å²) in [7, 11) is -2.85. The molecule has 0 bridgehead atoms. The van der Waals surface area contributed by atoms with E-state index in [1.165, 1.54) is 109 Å². The molecule has 0 aliphatic rings. The lowest BCUT2D eigenvalue weighted by Gasteiger charge is -2.34. The van der Waals surface area contributed by atoms with E-state index in [-0.39, 0.29) is 0 Å². The zero-order chi connectivity index (χ0) is 51.1. The fraction of sp³-hybridized carbons (Fsp3) is 0.0270. The first kappa shape index (κ1) is 46.0. The molecular formula is C74H54N2Si. The summed E-state index contributed by atoms with van der Waals surface area (Å²) in [6.45, 7) is 0. The van der Waals surface area contributed by atoms with Crippen LogP contribution in [0.3, 0.4) is 0 Å². The third-order valence-corrected chi connectivity index (χ3v) is 20.7. The summed E-state index contributed by atoms with van der Waals surface area (Å²) in [5.41, 5.74) is 17.2. The first-order valence-electron chi connectivity index (χ1n) is 26.8. The molecule has 3 heteroatoms. The van der Waals surface area contributed by atoms with Gasteiger partial charge in [0.05, 0.1) is 27.8 Å². The van der Waals surface area contributed by atoms with Crippen LogP contribution in [0.15, 0.2) is 303 Å². The standard InChI is InChI=1S/C74H54N2Si/c1-6-26-53(27-7-1)50-55-30-16-17-40-62(55)72-56(51-54-28-8-2-9-29-54)31-22-43-64(72)65-44-24-48-70-73(65)67-42-19-21-47-69(67)76(70)71-49-25-45-66-63-41-18-20-46-68(63)75(74(66)71)57-32-23-39-61(52-57)77(58-33-10-3-11-34-58,59-35-12-4-13-36-59)60-37-14-5-15-38-60/h1-49,52H,50-51H2. The number of benzene rings is 12. The van der Waals surface area contributed by atoms with Gasteiger partial charge in [0, 0.05) is 27.2 Å². The molecule has 0 aliphatic carbocycles. The van der Waals surface area contributed by atoms with Gasteiger partial charge in [0.2, 0.25) is 0 Å². The number of fused-ring (bicyclic) bond motifs is 6. The van der Waals surface area contributed by atoms with E-state index in [4.69, 9.17) is 0 Å². The summed E-state index contributed by atoms with van der Waals surface area (Å²) in [6, 6.07) is 113. The van der Waals surface area contributed by atoms with Crippen LogP contribution in [0.25, 0.3) is 77.2 Å². The van der Waals surface area contributed by atoms with E-state index in [0.717, 1.165) is 24.2 Å². The highest BCUT2D eigenvalue weighted by Gasteiger charge is 2.41. The SMILES string of the molecule is c1ccc(Cc2ccccc2-c2c(Cc3ccccc3)cccc2-c2cccc3c2c2ccccc2n3-c2cccc3c4ccccc4n(-c4cccc([Si](c5ccccc5)(c5ccccc5)c5ccccc5)c4)c23)cc1. The van der Waals surface area contributed by atoms with Crippen molar-refractivity contribution >= 4 is 72.4 Å². The Balaban J connectivity index is 1.02. The topological polar surface area (TPSA) is 9.86 Å². The van der Waals surface area contributed by atoms with Crippen molar-refractivity contribution in [1.29, 1.82) is 0 Å². The molecule has 364 valence electrons. The largest absolute Gasteiger partial charge is 0.307 e. The number of hydrogen-bond donors (Lipinski definition) is 0. The Hall–Kier alpha value is -9.54. The second kappa shape index (κ2) is 19.6. The summed E-state index contributed by atoms with van der Waals surface area (Å²) >= 11 is 0. The van der Waals surface area contributed by atoms with Gasteiger partial charge in [-0.2, -0.15) is 0 Å². The van der Waals surface area contributed by atoms with E-state index in [9.17, 15) is 0 Å². The van der Waals surface area contributed by atoms with Crippen LogP contribution in [0, 0.1) is 0 Å². The molecule has 14 rings (SSSR count). The predicted octanol–water partition coefficient (Wildman–Crippen LogP) is 15.8. The minimum absolute atomic E-state index is 0.820. The van der Waals surface area contributed by atoms with Gasteiger partial charge < -0.3 is 9.13 Å². The summed E-state index contributed by atoms with van der Waals surface area (Å²) in [6.07, 6.45) is 1.66. The fourth-order valence-corrected chi connectivity index (χ4v) is 17.5. The van der Waals surface area contributed by atoms with Gasteiger partial charge in [-0.15, -0.1) is 0 Å². The first-order chi connectivity index (χ1) is 38.2. The van der Waals surface area contributed by atoms with Crippen LogP contribution in [0.4, 0.5) is 0 Å². The second-order valence-corrected chi connectivity index (χ2v) is 24.1. The second-order valence-electron chi connectivity index (χ2n) is 20.3. The quantitative estimate of drug-likeness (QED) is 0.0853. The van der Waals surface area contributed by atoms with Gasteiger partial charge in [-0.1, -0.05) is 267 Å². The third kappa shape index (κ3) is 7.86. The van der Waals surface area contributed by atoms with Crippen molar-refractivity contribution in [3.63, 3.8) is 0 Å². The molecule has 0 spiro atoms. The maximum atomic E-state index is 2.55. The zero-order valence-corrected chi connectivity index (χ0v) is 43.7. The lowest BCUT2D eigenvalue weighted by atomic mass is 9.84. The molecule has 0 saturated carbocycles. The molecular weight excluding hydrogens is 945 g/mol. The van der Waals surface area contributed by atoms with Gasteiger partial charge in [0.25, 0.3) is 0 Å². The molecule has 0 N–H and O–H groups in total. The summed E-state index contributed by atoms with van der Waals surface area (Å²) < 4.78 is 5.09. The number of para-hydroxylation sites is 3. The average molecular weight is 999 g/mol. The van der Waals surface area contributed by atoms with Gasteiger partial charge in [0.15, 0.2) is 8.07 Å². The molecule has 0 radical (unpaired) electrons. The highest BCUT2D eigenvalue weighted by Crippen LogP contribution is 2.46. The Bertz CT molecular complexity index is 4330. The van der Waals surface area contributed by atoms with Gasteiger partial charge in [-0.25, -0.2) is 0 Å². The van der Waals surface area contributed by atoms with Crippen molar-refractivity contribution in [1.82, 2.24) is 9.13 Å². The summed E-state index contributed by atoms with van der Waals surface area (Å²) in [4.78, 5) is 0. The first-order valence-corrected chi connectivity index (χ1v) is 28.8. The minimum Gasteiger partial charge on any atom is -0.307 e. The van der Waals surface area contributed by atoms with E-state index in [0.29, 0.717) is 0 Å².